The topological polar surface area (TPSA) is 69.4 Å². The molecule has 74 valence electrons. The third-order valence-electron chi connectivity index (χ3n) is 1.39. The van der Waals surface area contributed by atoms with Crippen molar-refractivity contribution in [2.75, 3.05) is 5.33 Å². The Labute approximate surface area is 88.0 Å². The van der Waals surface area contributed by atoms with Crippen LogP contribution in [0.2, 0.25) is 0 Å². The van der Waals surface area contributed by atoms with Crippen LogP contribution in [0.5, 0.6) is 5.75 Å². The summed E-state index contributed by atoms with van der Waals surface area (Å²) in [7, 11) is 0. The second kappa shape index (κ2) is 4.71. The van der Waals surface area contributed by atoms with Gasteiger partial charge in [-0.3, -0.25) is 14.9 Å². The zero-order valence-electron chi connectivity index (χ0n) is 6.97. The molecule has 0 heterocycles. The first-order valence-corrected chi connectivity index (χ1v) is 4.76. The van der Waals surface area contributed by atoms with Crippen LogP contribution in [0.3, 0.4) is 0 Å². The smallest absolute Gasteiger partial charge is 0.321 e. The summed E-state index contributed by atoms with van der Waals surface area (Å²) in [5, 5.41) is 10.4. The lowest BCUT2D eigenvalue weighted by Crippen LogP contribution is -2.08. The molecule has 0 unspecified atom stereocenters. The maximum Gasteiger partial charge on any atom is 0.321 e. The van der Waals surface area contributed by atoms with Crippen LogP contribution in [0.25, 0.3) is 0 Å². The van der Waals surface area contributed by atoms with Gasteiger partial charge in [-0.05, 0) is 12.1 Å². The van der Waals surface area contributed by atoms with E-state index < -0.39 is 10.9 Å². The van der Waals surface area contributed by atoms with E-state index in [1.54, 1.807) is 0 Å². The molecular formula is C8H6BrNO4. The number of rotatable bonds is 3. The standard InChI is InChI=1S/C8H6BrNO4/c9-5-8(11)14-7-3-1-6(2-4-7)10(12)13/h1-4H,5H2. The van der Waals surface area contributed by atoms with Crippen LogP contribution in [0.15, 0.2) is 24.3 Å². The van der Waals surface area contributed by atoms with Gasteiger partial charge in [0, 0.05) is 12.1 Å². The summed E-state index contributed by atoms with van der Waals surface area (Å²) < 4.78 is 4.79. The van der Waals surface area contributed by atoms with Crippen molar-refractivity contribution in [1.82, 2.24) is 0 Å². The Morgan fingerprint density at radius 1 is 1.43 bits per heavy atom. The zero-order chi connectivity index (χ0) is 10.6. The molecule has 1 aromatic carbocycles. The molecule has 0 aliphatic heterocycles. The number of benzene rings is 1. The summed E-state index contributed by atoms with van der Waals surface area (Å²) >= 11 is 2.93. The molecule has 1 rings (SSSR count). The Balaban J connectivity index is 2.73. The molecule has 6 heteroatoms. The van der Waals surface area contributed by atoms with Crippen molar-refractivity contribution in [3.8, 4) is 5.75 Å². The number of hydrogen-bond acceptors (Lipinski definition) is 4. The molecule has 0 saturated carbocycles. The molecule has 0 bridgehead atoms. The number of nitro groups is 1. The van der Waals surface area contributed by atoms with Gasteiger partial charge in [-0.15, -0.1) is 0 Å². The molecule has 0 spiro atoms. The lowest BCUT2D eigenvalue weighted by Gasteiger charge is -2.00. The maximum atomic E-state index is 10.8. The van der Waals surface area contributed by atoms with Gasteiger partial charge >= 0.3 is 5.97 Å². The van der Waals surface area contributed by atoms with E-state index in [4.69, 9.17) is 4.74 Å². The monoisotopic (exact) mass is 259 g/mol. The molecule has 0 aliphatic rings. The highest BCUT2D eigenvalue weighted by molar-refractivity contribution is 9.09. The van der Waals surface area contributed by atoms with Gasteiger partial charge in [-0.25, -0.2) is 0 Å². The summed E-state index contributed by atoms with van der Waals surface area (Å²) in [6, 6.07) is 5.30. The molecule has 0 N–H and O–H groups in total. The van der Waals surface area contributed by atoms with Crippen LogP contribution in [0, 0.1) is 10.1 Å². The highest BCUT2D eigenvalue weighted by atomic mass is 79.9. The number of carbonyl (C=O) groups is 1. The van der Waals surface area contributed by atoms with Gasteiger partial charge in [-0.1, -0.05) is 15.9 Å². The number of non-ortho nitro benzene ring substituents is 1. The highest BCUT2D eigenvalue weighted by Crippen LogP contribution is 2.17. The Morgan fingerprint density at radius 3 is 2.43 bits per heavy atom. The lowest BCUT2D eigenvalue weighted by molar-refractivity contribution is -0.384. The minimum absolute atomic E-state index is 0.0383. The first-order chi connectivity index (χ1) is 6.63. The molecule has 0 radical (unpaired) electrons. The van der Waals surface area contributed by atoms with E-state index in [1.165, 1.54) is 24.3 Å². The number of ether oxygens (including phenoxy) is 1. The van der Waals surface area contributed by atoms with Gasteiger partial charge in [0.15, 0.2) is 0 Å². The average Bonchev–Trinajstić information content (AvgIpc) is 2.18. The summed E-state index contributed by atoms with van der Waals surface area (Å²) in [5.74, 6) is -0.154. The van der Waals surface area contributed by atoms with Gasteiger partial charge in [0.2, 0.25) is 0 Å². The second-order valence-electron chi connectivity index (χ2n) is 2.36. The minimum Gasteiger partial charge on any atom is -0.426 e. The van der Waals surface area contributed by atoms with E-state index >= 15 is 0 Å². The summed E-state index contributed by atoms with van der Waals surface area (Å²) in [5.41, 5.74) is -0.0383. The van der Waals surface area contributed by atoms with Crippen molar-refractivity contribution in [2.24, 2.45) is 0 Å². The van der Waals surface area contributed by atoms with Crippen molar-refractivity contribution in [1.29, 1.82) is 0 Å². The van der Waals surface area contributed by atoms with E-state index in [2.05, 4.69) is 15.9 Å². The second-order valence-corrected chi connectivity index (χ2v) is 2.92. The molecule has 0 amide bonds. The number of nitrogens with zero attached hydrogens (tertiary/aromatic N) is 1. The molecule has 0 aliphatic carbocycles. The van der Waals surface area contributed by atoms with E-state index in [-0.39, 0.29) is 11.0 Å². The van der Waals surface area contributed by atoms with Crippen molar-refractivity contribution >= 4 is 27.6 Å². The fourth-order valence-electron chi connectivity index (χ4n) is 0.795. The molecule has 0 fully saturated rings. The van der Waals surface area contributed by atoms with Gasteiger partial charge in [0.1, 0.15) is 11.1 Å². The van der Waals surface area contributed by atoms with Crippen LogP contribution in [-0.4, -0.2) is 16.2 Å². The Bertz CT molecular complexity index is 349. The number of carbonyl (C=O) groups excluding carboxylic acids is 1. The Morgan fingerprint density at radius 2 is 2.00 bits per heavy atom. The fourth-order valence-corrected chi connectivity index (χ4v) is 0.909. The van der Waals surface area contributed by atoms with Crippen molar-refractivity contribution in [3.05, 3.63) is 34.4 Å². The number of halogens is 1. The van der Waals surface area contributed by atoms with Crippen LogP contribution < -0.4 is 4.74 Å². The number of alkyl halides is 1. The number of nitro benzene ring substituents is 1. The minimum atomic E-state index is -0.518. The largest absolute Gasteiger partial charge is 0.426 e. The van der Waals surface area contributed by atoms with Crippen molar-refractivity contribution < 1.29 is 14.5 Å². The Kier molecular flexibility index (Phi) is 3.58. The van der Waals surface area contributed by atoms with Crippen LogP contribution in [0.4, 0.5) is 5.69 Å². The van der Waals surface area contributed by atoms with Crippen LogP contribution in [0.1, 0.15) is 0 Å². The normalized spacial score (nSPS) is 9.50. The molecular weight excluding hydrogens is 254 g/mol. The molecule has 0 atom stereocenters. The maximum absolute atomic E-state index is 10.8. The third-order valence-corrected chi connectivity index (χ3v) is 1.85. The Hall–Kier alpha value is -1.43. The fraction of sp³-hybridized carbons (Fsp3) is 0.125. The van der Waals surface area contributed by atoms with Gasteiger partial charge in [0.05, 0.1) is 4.92 Å². The predicted octanol–water partition coefficient (Wildman–Crippen LogP) is 1.90. The van der Waals surface area contributed by atoms with Gasteiger partial charge < -0.3 is 4.74 Å². The lowest BCUT2D eigenvalue weighted by atomic mass is 10.3. The summed E-state index contributed by atoms with van der Waals surface area (Å²) in [4.78, 5) is 20.6. The van der Waals surface area contributed by atoms with Gasteiger partial charge in [-0.2, -0.15) is 0 Å². The SMILES string of the molecule is O=C(CBr)Oc1ccc([N+](=O)[O-])cc1. The first kappa shape index (κ1) is 10.6. The molecule has 1 aromatic rings. The van der Waals surface area contributed by atoms with Crippen LogP contribution >= 0.6 is 15.9 Å². The van der Waals surface area contributed by atoms with E-state index in [1.807, 2.05) is 0 Å². The highest BCUT2D eigenvalue weighted by Gasteiger charge is 2.06. The predicted molar refractivity (Wildman–Crippen MR) is 52.5 cm³/mol. The average molecular weight is 260 g/mol. The van der Waals surface area contributed by atoms with Gasteiger partial charge in [0.25, 0.3) is 5.69 Å². The number of hydrogen-bond donors (Lipinski definition) is 0. The molecule has 0 saturated heterocycles. The van der Waals surface area contributed by atoms with Crippen molar-refractivity contribution in [3.63, 3.8) is 0 Å². The van der Waals surface area contributed by atoms with Crippen LogP contribution in [-0.2, 0) is 4.79 Å². The van der Waals surface area contributed by atoms with E-state index in [0.29, 0.717) is 5.75 Å². The molecule has 5 nitrogen and oxygen atoms in total. The summed E-state index contributed by atoms with van der Waals surface area (Å²) in [6.45, 7) is 0. The third kappa shape index (κ3) is 2.81. The van der Waals surface area contributed by atoms with Crippen molar-refractivity contribution in [2.45, 2.75) is 0 Å². The number of esters is 1. The quantitative estimate of drug-likeness (QED) is 0.273. The zero-order valence-corrected chi connectivity index (χ0v) is 8.56. The summed E-state index contributed by atoms with van der Waals surface area (Å²) in [6.07, 6.45) is 0. The first-order valence-electron chi connectivity index (χ1n) is 3.64. The molecule has 14 heavy (non-hydrogen) atoms. The molecule has 0 aromatic heterocycles. The van der Waals surface area contributed by atoms with E-state index in [9.17, 15) is 14.9 Å². The van der Waals surface area contributed by atoms with E-state index in [0.717, 1.165) is 0 Å².